The molecule has 5 heteroatoms. The number of halogens is 2. The largest absolute Gasteiger partial charge is 0.349 e. The topological polar surface area (TPSA) is 41.1 Å². The Balaban J connectivity index is 0.00000144. The summed E-state index contributed by atoms with van der Waals surface area (Å²) in [4.78, 5) is 11.9. The molecule has 0 aromatic heterocycles. The average Bonchev–Trinajstić information content (AvgIpc) is 2.31. The lowest BCUT2D eigenvalue weighted by Gasteiger charge is -2.23. The Hall–Kier alpha value is -0.580. The molecule has 3 nitrogen and oxygen atoms in total. The minimum absolute atomic E-state index is 0. The number of nitrogens with one attached hydrogen (secondary N) is 2. The lowest BCUT2D eigenvalue weighted by molar-refractivity contribution is 0.0929. The first kappa shape index (κ1) is 14.5. The van der Waals surface area contributed by atoms with Gasteiger partial charge in [-0.05, 0) is 50.2 Å². The predicted octanol–water partition coefficient (Wildman–Crippen LogP) is 2.35. The third-order valence-electron chi connectivity index (χ3n) is 2.78. The highest BCUT2D eigenvalue weighted by Crippen LogP contribution is 2.11. The van der Waals surface area contributed by atoms with Crippen molar-refractivity contribution in [2.24, 2.45) is 0 Å². The fraction of sp³-hybridized carbons (Fsp3) is 0.417. The monoisotopic (exact) mass is 318 g/mol. The highest BCUT2D eigenvalue weighted by Gasteiger charge is 2.15. The number of hydrogen-bond acceptors (Lipinski definition) is 2. The summed E-state index contributed by atoms with van der Waals surface area (Å²) < 4.78 is 0.992. The number of hydrogen-bond donors (Lipinski definition) is 2. The summed E-state index contributed by atoms with van der Waals surface area (Å²) in [7, 11) is 0. The maximum atomic E-state index is 11.9. The number of benzene rings is 1. The van der Waals surface area contributed by atoms with Crippen LogP contribution >= 0.6 is 28.3 Å². The van der Waals surface area contributed by atoms with Gasteiger partial charge in [-0.2, -0.15) is 0 Å². The molecule has 17 heavy (non-hydrogen) atoms. The summed E-state index contributed by atoms with van der Waals surface area (Å²) in [6.07, 6.45) is 2.03. The second-order valence-electron chi connectivity index (χ2n) is 4.00. The summed E-state index contributed by atoms with van der Waals surface area (Å²) in [5.41, 5.74) is 0.724. The van der Waals surface area contributed by atoms with Crippen LogP contribution in [0.2, 0.25) is 0 Å². The highest BCUT2D eigenvalue weighted by molar-refractivity contribution is 9.10. The minimum Gasteiger partial charge on any atom is -0.349 e. The van der Waals surface area contributed by atoms with E-state index >= 15 is 0 Å². The molecule has 0 aliphatic carbocycles. The first-order chi connectivity index (χ1) is 7.75. The quantitative estimate of drug-likeness (QED) is 0.878. The molecule has 2 N–H and O–H groups in total. The van der Waals surface area contributed by atoms with Crippen LogP contribution < -0.4 is 10.6 Å². The van der Waals surface area contributed by atoms with Gasteiger partial charge < -0.3 is 10.6 Å². The van der Waals surface area contributed by atoms with Gasteiger partial charge in [0.15, 0.2) is 0 Å². The van der Waals surface area contributed by atoms with E-state index in [0.717, 1.165) is 36.0 Å². The fourth-order valence-corrected chi connectivity index (χ4v) is 2.10. The van der Waals surface area contributed by atoms with Crippen molar-refractivity contribution in [3.8, 4) is 0 Å². The van der Waals surface area contributed by atoms with Gasteiger partial charge in [0.25, 0.3) is 5.91 Å². The van der Waals surface area contributed by atoms with E-state index in [-0.39, 0.29) is 18.3 Å². The second-order valence-corrected chi connectivity index (χ2v) is 4.92. The zero-order valence-corrected chi connectivity index (χ0v) is 11.8. The van der Waals surface area contributed by atoms with Crippen LogP contribution in [-0.2, 0) is 0 Å². The molecule has 94 valence electrons. The first-order valence-electron chi connectivity index (χ1n) is 5.53. The van der Waals surface area contributed by atoms with E-state index in [1.54, 1.807) is 0 Å². The number of piperidine rings is 1. The Morgan fingerprint density at radius 2 is 1.82 bits per heavy atom. The molecule has 0 bridgehead atoms. The summed E-state index contributed by atoms with van der Waals surface area (Å²) in [6, 6.07) is 7.76. The molecular weight excluding hydrogens is 304 g/mol. The Labute approximate surface area is 116 Å². The number of carbonyl (C=O) groups is 1. The van der Waals surface area contributed by atoms with E-state index in [0.29, 0.717) is 6.04 Å². The van der Waals surface area contributed by atoms with Crippen molar-refractivity contribution in [3.05, 3.63) is 34.3 Å². The Morgan fingerprint density at radius 1 is 1.24 bits per heavy atom. The fourth-order valence-electron chi connectivity index (χ4n) is 1.84. The predicted molar refractivity (Wildman–Crippen MR) is 74.7 cm³/mol. The van der Waals surface area contributed by atoms with Crippen LogP contribution in [0.3, 0.4) is 0 Å². The SMILES string of the molecule is Cl.O=C(NC1CCNCC1)c1ccc(Br)cc1. The molecule has 1 saturated heterocycles. The van der Waals surface area contributed by atoms with Crippen LogP contribution in [0.4, 0.5) is 0 Å². The Bertz CT molecular complexity index is 363. The molecule has 0 unspecified atom stereocenters. The number of carbonyl (C=O) groups excluding carboxylic acids is 1. The van der Waals surface area contributed by atoms with Crippen LogP contribution in [0.25, 0.3) is 0 Å². The molecule has 1 aromatic carbocycles. The molecule has 1 heterocycles. The lowest BCUT2D eigenvalue weighted by atomic mass is 10.1. The van der Waals surface area contributed by atoms with Gasteiger partial charge in [-0.15, -0.1) is 12.4 Å². The zero-order valence-electron chi connectivity index (χ0n) is 9.41. The summed E-state index contributed by atoms with van der Waals surface area (Å²) >= 11 is 3.35. The van der Waals surface area contributed by atoms with Gasteiger partial charge in [0.2, 0.25) is 0 Å². The van der Waals surface area contributed by atoms with E-state index in [9.17, 15) is 4.79 Å². The summed E-state index contributed by atoms with van der Waals surface area (Å²) in [5, 5.41) is 6.34. The lowest BCUT2D eigenvalue weighted by Crippen LogP contribution is -2.42. The maximum Gasteiger partial charge on any atom is 0.251 e. The molecular formula is C12H16BrClN2O. The summed E-state index contributed by atoms with van der Waals surface area (Å²) in [6.45, 7) is 1.98. The summed E-state index contributed by atoms with van der Waals surface area (Å²) in [5.74, 6) is 0.0272. The third-order valence-corrected chi connectivity index (χ3v) is 3.31. The van der Waals surface area contributed by atoms with Gasteiger partial charge in [-0.3, -0.25) is 4.79 Å². The van der Waals surface area contributed by atoms with Crippen LogP contribution in [0.15, 0.2) is 28.7 Å². The van der Waals surface area contributed by atoms with E-state index < -0.39 is 0 Å². The van der Waals surface area contributed by atoms with Crippen LogP contribution in [0.1, 0.15) is 23.2 Å². The molecule has 0 atom stereocenters. The van der Waals surface area contributed by atoms with Crippen molar-refractivity contribution in [2.45, 2.75) is 18.9 Å². The van der Waals surface area contributed by atoms with Crippen molar-refractivity contribution in [2.75, 3.05) is 13.1 Å². The smallest absolute Gasteiger partial charge is 0.251 e. The van der Waals surface area contributed by atoms with Crippen molar-refractivity contribution >= 4 is 34.2 Å². The van der Waals surface area contributed by atoms with Crippen molar-refractivity contribution in [3.63, 3.8) is 0 Å². The van der Waals surface area contributed by atoms with E-state index in [2.05, 4.69) is 26.6 Å². The molecule has 0 spiro atoms. The van der Waals surface area contributed by atoms with Crippen molar-refractivity contribution < 1.29 is 4.79 Å². The normalized spacial score (nSPS) is 16.1. The molecule has 1 amide bonds. The molecule has 1 fully saturated rings. The van der Waals surface area contributed by atoms with E-state index in [1.165, 1.54) is 0 Å². The maximum absolute atomic E-state index is 11.9. The Kier molecular flexibility index (Phi) is 5.95. The molecule has 1 aliphatic rings. The Morgan fingerprint density at radius 3 is 2.41 bits per heavy atom. The highest BCUT2D eigenvalue weighted by atomic mass is 79.9. The molecule has 1 aromatic rings. The number of amides is 1. The average molecular weight is 320 g/mol. The van der Waals surface area contributed by atoms with E-state index in [4.69, 9.17) is 0 Å². The molecule has 0 radical (unpaired) electrons. The van der Waals surface area contributed by atoms with Gasteiger partial charge >= 0.3 is 0 Å². The molecule has 1 aliphatic heterocycles. The van der Waals surface area contributed by atoms with Crippen LogP contribution in [-0.4, -0.2) is 25.0 Å². The third kappa shape index (κ3) is 4.30. The van der Waals surface area contributed by atoms with Crippen molar-refractivity contribution in [1.82, 2.24) is 10.6 Å². The van der Waals surface area contributed by atoms with Crippen LogP contribution in [0, 0.1) is 0 Å². The van der Waals surface area contributed by atoms with Gasteiger partial charge in [0.1, 0.15) is 0 Å². The molecule has 0 saturated carbocycles. The van der Waals surface area contributed by atoms with Gasteiger partial charge in [0, 0.05) is 16.1 Å². The van der Waals surface area contributed by atoms with Gasteiger partial charge in [0.05, 0.1) is 0 Å². The minimum atomic E-state index is 0. The molecule has 2 rings (SSSR count). The standard InChI is InChI=1S/C12H15BrN2O.ClH/c13-10-3-1-9(2-4-10)12(16)15-11-5-7-14-8-6-11;/h1-4,11,14H,5-8H2,(H,15,16);1H. The number of rotatable bonds is 2. The van der Waals surface area contributed by atoms with E-state index in [1.807, 2.05) is 24.3 Å². The first-order valence-corrected chi connectivity index (χ1v) is 6.32. The van der Waals surface area contributed by atoms with Gasteiger partial charge in [-0.25, -0.2) is 0 Å². The van der Waals surface area contributed by atoms with Crippen LogP contribution in [0.5, 0.6) is 0 Å². The zero-order chi connectivity index (χ0) is 11.4. The van der Waals surface area contributed by atoms with Gasteiger partial charge in [-0.1, -0.05) is 15.9 Å². The van der Waals surface area contributed by atoms with Crippen molar-refractivity contribution in [1.29, 1.82) is 0 Å². The second kappa shape index (κ2) is 6.99.